The number of thioether (sulfide) groups is 1. The van der Waals surface area contributed by atoms with Crippen LogP contribution in [0.3, 0.4) is 0 Å². The number of benzene rings is 2. The molecule has 2 aromatic carbocycles. The topological polar surface area (TPSA) is 128 Å². The molecule has 0 unspecified atom stereocenters. The van der Waals surface area contributed by atoms with Crippen LogP contribution in [0.4, 0.5) is 17.2 Å². The first kappa shape index (κ1) is 23.3. The van der Waals surface area contributed by atoms with Gasteiger partial charge in [0.2, 0.25) is 5.91 Å². The third-order valence-electron chi connectivity index (χ3n) is 4.75. The molecule has 0 aliphatic rings. The van der Waals surface area contributed by atoms with Crippen LogP contribution < -0.4 is 25.8 Å². The van der Waals surface area contributed by atoms with Gasteiger partial charge in [-0.05, 0) is 23.6 Å². The summed E-state index contributed by atoms with van der Waals surface area (Å²) >= 11 is 2.64. The van der Waals surface area contributed by atoms with Gasteiger partial charge >= 0.3 is 0 Å². The molecule has 0 bridgehead atoms. The SMILES string of the molecule is COc1cc(NC(=O)c2ccccc2)c(OC)cc1NC(=O)CSc1nc(N)c2ccsc2n1. The number of nitrogen functional groups attached to an aromatic ring is 1. The van der Waals surface area contributed by atoms with Crippen LogP contribution in [0, 0.1) is 0 Å². The summed E-state index contributed by atoms with van der Waals surface area (Å²) < 4.78 is 10.8. The van der Waals surface area contributed by atoms with Crippen molar-refractivity contribution in [3.8, 4) is 11.5 Å². The van der Waals surface area contributed by atoms with Crippen LogP contribution >= 0.6 is 23.1 Å². The predicted molar refractivity (Wildman–Crippen MR) is 135 cm³/mol. The highest BCUT2D eigenvalue weighted by atomic mass is 32.2. The van der Waals surface area contributed by atoms with Crippen molar-refractivity contribution in [3.05, 3.63) is 59.5 Å². The fraction of sp³-hybridized carbons (Fsp3) is 0.130. The second kappa shape index (κ2) is 10.4. The Morgan fingerprint density at radius 1 is 1.00 bits per heavy atom. The molecule has 4 aromatic rings. The van der Waals surface area contributed by atoms with Gasteiger partial charge in [-0.3, -0.25) is 9.59 Å². The number of fused-ring (bicyclic) bond motifs is 1. The Bertz CT molecular complexity index is 1340. The Morgan fingerprint density at radius 3 is 2.35 bits per heavy atom. The minimum absolute atomic E-state index is 0.0638. The normalized spacial score (nSPS) is 10.6. The van der Waals surface area contributed by atoms with Crippen molar-refractivity contribution in [1.82, 2.24) is 9.97 Å². The van der Waals surface area contributed by atoms with E-state index in [2.05, 4.69) is 20.6 Å². The van der Waals surface area contributed by atoms with Crippen LogP contribution in [-0.2, 0) is 4.79 Å². The molecule has 0 saturated carbocycles. The third-order valence-corrected chi connectivity index (χ3v) is 6.40. The van der Waals surface area contributed by atoms with E-state index in [1.807, 2.05) is 17.5 Å². The van der Waals surface area contributed by atoms with Crippen molar-refractivity contribution in [2.75, 3.05) is 36.3 Å². The van der Waals surface area contributed by atoms with Crippen molar-refractivity contribution in [3.63, 3.8) is 0 Å². The van der Waals surface area contributed by atoms with Crippen LogP contribution in [-0.4, -0.2) is 41.8 Å². The average Bonchev–Trinajstić information content (AvgIpc) is 3.33. The number of hydrogen-bond acceptors (Lipinski definition) is 9. The molecule has 2 heterocycles. The Labute approximate surface area is 203 Å². The lowest BCUT2D eigenvalue weighted by molar-refractivity contribution is -0.113. The van der Waals surface area contributed by atoms with Gasteiger partial charge in [-0.1, -0.05) is 30.0 Å². The number of carbonyl (C=O) groups is 2. The summed E-state index contributed by atoms with van der Waals surface area (Å²) in [6, 6.07) is 13.9. The molecule has 11 heteroatoms. The summed E-state index contributed by atoms with van der Waals surface area (Å²) in [7, 11) is 2.95. The van der Waals surface area contributed by atoms with E-state index in [1.165, 1.54) is 37.3 Å². The van der Waals surface area contributed by atoms with Crippen molar-refractivity contribution >= 4 is 62.3 Å². The second-order valence-electron chi connectivity index (χ2n) is 6.94. The maximum atomic E-state index is 12.6. The highest BCUT2D eigenvalue weighted by Crippen LogP contribution is 2.37. The summed E-state index contributed by atoms with van der Waals surface area (Å²) in [5.74, 6) is 0.592. The van der Waals surface area contributed by atoms with E-state index >= 15 is 0 Å². The molecule has 34 heavy (non-hydrogen) atoms. The smallest absolute Gasteiger partial charge is 0.255 e. The van der Waals surface area contributed by atoms with E-state index in [0.717, 1.165) is 10.2 Å². The number of hydrogen-bond donors (Lipinski definition) is 3. The van der Waals surface area contributed by atoms with Crippen LogP contribution in [0.5, 0.6) is 11.5 Å². The summed E-state index contributed by atoms with van der Waals surface area (Å²) in [6.07, 6.45) is 0. The minimum atomic E-state index is -0.295. The number of amides is 2. The van der Waals surface area contributed by atoms with Crippen molar-refractivity contribution in [1.29, 1.82) is 0 Å². The molecule has 0 fully saturated rings. The number of methoxy groups -OCH3 is 2. The number of aromatic nitrogens is 2. The molecule has 0 saturated heterocycles. The molecule has 0 spiro atoms. The summed E-state index contributed by atoms with van der Waals surface area (Å²) in [5, 5.41) is 8.73. The van der Waals surface area contributed by atoms with Crippen LogP contribution in [0.15, 0.2) is 59.1 Å². The van der Waals surface area contributed by atoms with Gasteiger partial charge in [-0.15, -0.1) is 11.3 Å². The fourth-order valence-corrected chi connectivity index (χ4v) is 4.60. The molecule has 9 nitrogen and oxygen atoms in total. The van der Waals surface area contributed by atoms with Gasteiger partial charge in [0, 0.05) is 17.7 Å². The number of thiophene rings is 1. The Hall–Kier alpha value is -3.83. The lowest BCUT2D eigenvalue weighted by atomic mass is 10.2. The number of anilines is 3. The number of nitrogens with one attached hydrogen (secondary N) is 2. The maximum Gasteiger partial charge on any atom is 0.255 e. The van der Waals surface area contributed by atoms with Crippen LogP contribution in [0.1, 0.15) is 10.4 Å². The fourth-order valence-electron chi connectivity index (χ4n) is 3.12. The number of rotatable bonds is 8. The van der Waals surface area contributed by atoms with Gasteiger partial charge < -0.3 is 25.8 Å². The van der Waals surface area contributed by atoms with Gasteiger partial charge in [0.25, 0.3) is 5.91 Å². The summed E-state index contributed by atoms with van der Waals surface area (Å²) in [5.41, 5.74) is 7.28. The number of carbonyl (C=O) groups excluding carboxylic acids is 2. The summed E-state index contributed by atoms with van der Waals surface area (Å²) in [6.45, 7) is 0. The average molecular weight is 496 g/mol. The number of nitrogens with two attached hydrogens (primary N) is 1. The maximum absolute atomic E-state index is 12.6. The highest BCUT2D eigenvalue weighted by molar-refractivity contribution is 7.99. The van der Waals surface area contributed by atoms with Crippen molar-refractivity contribution < 1.29 is 19.1 Å². The zero-order valence-corrected chi connectivity index (χ0v) is 20.0. The van der Waals surface area contributed by atoms with Gasteiger partial charge in [0.15, 0.2) is 5.16 Å². The highest BCUT2D eigenvalue weighted by Gasteiger charge is 2.17. The van der Waals surface area contributed by atoms with E-state index in [0.29, 0.717) is 39.4 Å². The zero-order chi connectivity index (χ0) is 24.1. The molecule has 2 aromatic heterocycles. The second-order valence-corrected chi connectivity index (χ2v) is 8.78. The number of nitrogens with zero attached hydrogens (tertiary/aromatic N) is 2. The van der Waals surface area contributed by atoms with Gasteiger partial charge in [0.05, 0.1) is 36.7 Å². The monoisotopic (exact) mass is 495 g/mol. The molecule has 0 aliphatic heterocycles. The molecular formula is C23H21N5O4S2. The van der Waals surface area contributed by atoms with Gasteiger partial charge in [-0.2, -0.15) is 0 Å². The molecule has 0 atom stereocenters. The molecule has 174 valence electrons. The third kappa shape index (κ3) is 5.21. The Balaban J connectivity index is 1.47. The molecule has 2 amide bonds. The molecule has 4 N–H and O–H groups in total. The molecule has 4 rings (SSSR count). The van der Waals surface area contributed by atoms with E-state index in [4.69, 9.17) is 15.2 Å². The number of ether oxygens (including phenoxy) is 2. The van der Waals surface area contributed by atoms with E-state index < -0.39 is 0 Å². The Kier molecular flexibility index (Phi) is 7.14. The van der Waals surface area contributed by atoms with Crippen molar-refractivity contribution in [2.24, 2.45) is 0 Å². The van der Waals surface area contributed by atoms with Crippen LogP contribution in [0.25, 0.3) is 10.2 Å². The van der Waals surface area contributed by atoms with Gasteiger partial charge in [-0.25, -0.2) is 9.97 Å². The van der Waals surface area contributed by atoms with Crippen LogP contribution in [0.2, 0.25) is 0 Å². The first-order chi connectivity index (χ1) is 16.5. The lowest BCUT2D eigenvalue weighted by Gasteiger charge is -2.16. The molecule has 0 radical (unpaired) electrons. The standard InChI is InChI=1S/C23H21N5O4S2/c1-31-17-11-16(26-21(30)13-6-4-3-5-7-13)18(32-2)10-15(17)25-19(29)12-34-23-27-20(24)14-8-9-33-22(14)28-23/h3-11H,12H2,1-2H3,(H,25,29)(H,26,30)(H2,24,27,28). The first-order valence-electron chi connectivity index (χ1n) is 10.0. The first-order valence-corrected chi connectivity index (χ1v) is 11.9. The lowest BCUT2D eigenvalue weighted by Crippen LogP contribution is -2.16. The summed E-state index contributed by atoms with van der Waals surface area (Å²) in [4.78, 5) is 34.6. The van der Waals surface area contributed by atoms with E-state index in [9.17, 15) is 9.59 Å². The van der Waals surface area contributed by atoms with Crippen molar-refractivity contribution in [2.45, 2.75) is 5.16 Å². The zero-order valence-electron chi connectivity index (χ0n) is 18.3. The molecular weight excluding hydrogens is 474 g/mol. The van der Waals surface area contributed by atoms with Gasteiger partial charge in [0.1, 0.15) is 22.1 Å². The van der Waals surface area contributed by atoms with E-state index in [1.54, 1.807) is 36.4 Å². The quantitative estimate of drug-likeness (QED) is 0.244. The Morgan fingerprint density at radius 2 is 1.68 bits per heavy atom. The predicted octanol–water partition coefficient (Wildman–Crippen LogP) is 4.27. The molecule has 0 aliphatic carbocycles. The van der Waals surface area contributed by atoms with E-state index in [-0.39, 0.29) is 17.6 Å². The minimum Gasteiger partial charge on any atom is -0.494 e. The largest absolute Gasteiger partial charge is 0.494 e.